The first-order valence-electron chi connectivity index (χ1n) is 9.43. The van der Waals surface area contributed by atoms with Gasteiger partial charge in [0.15, 0.2) is 12.4 Å². The summed E-state index contributed by atoms with van der Waals surface area (Å²) in [6.07, 6.45) is 6.75. The quantitative estimate of drug-likeness (QED) is 0.848. The number of hydrogen-bond acceptors (Lipinski definition) is 5. The molecule has 4 bridgehead atoms. The Kier molecular flexibility index (Phi) is 3.51. The number of rotatable bonds is 4. The largest absolute Gasteiger partial charge is 0.455 e. The number of hydrogen-bond donors (Lipinski definition) is 1. The first-order valence-corrected chi connectivity index (χ1v) is 9.43. The zero-order chi connectivity index (χ0) is 17.8. The molecule has 4 atom stereocenters. The van der Waals surface area contributed by atoms with Crippen LogP contribution in [0.3, 0.4) is 0 Å². The summed E-state index contributed by atoms with van der Waals surface area (Å²) in [6.45, 7) is 0.0428. The molecule has 26 heavy (non-hydrogen) atoms. The van der Waals surface area contributed by atoms with Crippen LogP contribution in [0.4, 0.5) is 0 Å². The van der Waals surface area contributed by atoms with E-state index in [2.05, 4.69) is 4.98 Å². The lowest BCUT2D eigenvalue weighted by Crippen LogP contribution is -2.58. The number of aromatic nitrogens is 1. The van der Waals surface area contributed by atoms with Gasteiger partial charge < -0.3 is 14.3 Å². The Bertz CT molecular complexity index is 814. The predicted octanol–water partition coefficient (Wildman–Crippen LogP) is 3.72. The van der Waals surface area contributed by atoms with E-state index in [4.69, 9.17) is 9.15 Å². The Hall–Kier alpha value is -2.14. The SMILES string of the molecule is O=C(OCc1ncc(-c2ccccc2)o1)C12C[C@@H]3C[C@@H](CC(O)(C3)C1)C2. The van der Waals surface area contributed by atoms with Crippen LogP contribution in [-0.4, -0.2) is 21.7 Å². The second kappa shape index (κ2) is 5.68. The van der Waals surface area contributed by atoms with Gasteiger partial charge in [0.25, 0.3) is 0 Å². The number of esters is 1. The molecule has 0 spiro atoms. The number of oxazole rings is 1. The Labute approximate surface area is 152 Å². The molecule has 5 nitrogen and oxygen atoms in total. The van der Waals surface area contributed by atoms with Crippen LogP contribution in [0.2, 0.25) is 0 Å². The highest BCUT2D eigenvalue weighted by atomic mass is 16.5. The molecule has 1 aromatic carbocycles. The molecule has 2 aromatic rings. The minimum atomic E-state index is -0.660. The van der Waals surface area contributed by atoms with Crippen molar-refractivity contribution < 1.29 is 19.1 Å². The average Bonchev–Trinajstić information content (AvgIpc) is 3.07. The lowest BCUT2D eigenvalue weighted by molar-refractivity contribution is -0.197. The smallest absolute Gasteiger partial charge is 0.312 e. The zero-order valence-electron chi connectivity index (χ0n) is 14.7. The van der Waals surface area contributed by atoms with Crippen LogP contribution in [-0.2, 0) is 16.1 Å². The summed E-state index contributed by atoms with van der Waals surface area (Å²) in [4.78, 5) is 17.1. The molecule has 0 saturated heterocycles. The van der Waals surface area contributed by atoms with Gasteiger partial charge in [0, 0.05) is 5.56 Å². The number of nitrogens with zero attached hydrogens (tertiary/aromatic N) is 1. The Morgan fingerprint density at radius 2 is 1.92 bits per heavy atom. The maximum absolute atomic E-state index is 12.9. The predicted molar refractivity (Wildman–Crippen MR) is 93.8 cm³/mol. The maximum atomic E-state index is 12.9. The highest BCUT2D eigenvalue weighted by Gasteiger charge is 2.60. The van der Waals surface area contributed by atoms with Gasteiger partial charge in [0.1, 0.15) is 0 Å². The topological polar surface area (TPSA) is 72.6 Å². The lowest BCUT2D eigenvalue weighted by atomic mass is 9.48. The highest BCUT2D eigenvalue weighted by molar-refractivity contribution is 5.77. The van der Waals surface area contributed by atoms with Crippen molar-refractivity contribution in [2.45, 2.75) is 50.7 Å². The fraction of sp³-hybridized carbons (Fsp3) is 0.524. The van der Waals surface area contributed by atoms with Gasteiger partial charge in [-0.15, -0.1) is 0 Å². The molecule has 5 heteroatoms. The van der Waals surface area contributed by atoms with Crippen molar-refractivity contribution in [3.63, 3.8) is 0 Å². The van der Waals surface area contributed by atoms with Gasteiger partial charge in [-0.2, -0.15) is 0 Å². The standard InChI is InChI=1S/C21H23NO4/c23-19(20-7-14-6-15(8-20)10-21(24,9-14)13-20)25-12-18-22-11-17(26-18)16-4-2-1-3-5-16/h1-5,11,14-15,24H,6-10,12-13H2/t14-,15+,20?,21?. The monoisotopic (exact) mass is 353 g/mol. The molecule has 4 aliphatic rings. The molecule has 4 saturated carbocycles. The fourth-order valence-electron chi connectivity index (χ4n) is 5.85. The highest BCUT2D eigenvalue weighted by Crippen LogP contribution is 2.62. The molecule has 1 N–H and O–H groups in total. The minimum Gasteiger partial charge on any atom is -0.455 e. The number of benzene rings is 1. The summed E-state index contributed by atoms with van der Waals surface area (Å²) >= 11 is 0. The van der Waals surface area contributed by atoms with Gasteiger partial charge in [-0.3, -0.25) is 4.79 Å². The van der Waals surface area contributed by atoms with Crippen molar-refractivity contribution in [2.24, 2.45) is 17.3 Å². The van der Waals surface area contributed by atoms with Gasteiger partial charge >= 0.3 is 5.97 Å². The number of ether oxygens (including phenoxy) is 1. The normalized spacial score (nSPS) is 34.8. The summed E-state index contributed by atoms with van der Waals surface area (Å²) in [5.41, 5.74) is -0.221. The van der Waals surface area contributed by atoms with E-state index in [9.17, 15) is 9.90 Å². The minimum absolute atomic E-state index is 0.0428. The van der Waals surface area contributed by atoms with Crippen molar-refractivity contribution in [2.75, 3.05) is 0 Å². The second-order valence-corrected chi connectivity index (χ2v) is 8.53. The summed E-state index contributed by atoms with van der Waals surface area (Å²) in [7, 11) is 0. The zero-order valence-corrected chi connectivity index (χ0v) is 14.7. The molecule has 136 valence electrons. The molecule has 6 rings (SSSR count). The summed E-state index contributed by atoms with van der Waals surface area (Å²) in [6, 6.07) is 9.73. The van der Waals surface area contributed by atoms with Crippen molar-refractivity contribution >= 4 is 5.97 Å². The van der Waals surface area contributed by atoms with Crippen molar-refractivity contribution in [3.8, 4) is 11.3 Å². The van der Waals surface area contributed by atoms with Crippen LogP contribution in [0, 0.1) is 17.3 Å². The second-order valence-electron chi connectivity index (χ2n) is 8.53. The summed E-state index contributed by atoms with van der Waals surface area (Å²) < 4.78 is 11.3. The van der Waals surface area contributed by atoms with Crippen molar-refractivity contribution in [3.05, 3.63) is 42.4 Å². The van der Waals surface area contributed by atoms with E-state index in [0.717, 1.165) is 37.7 Å². The third-order valence-electron chi connectivity index (χ3n) is 6.40. The van der Waals surface area contributed by atoms with Gasteiger partial charge in [0.2, 0.25) is 5.89 Å². The van der Waals surface area contributed by atoms with E-state index in [1.165, 1.54) is 0 Å². The Balaban J connectivity index is 1.28. The number of carbonyl (C=O) groups excluding carboxylic acids is 1. The first-order chi connectivity index (χ1) is 12.5. The molecule has 2 unspecified atom stereocenters. The Morgan fingerprint density at radius 3 is 2.62 bits per heavy atom. The van der Waals surface area contributed by atoms with E-state index in [1.54, 1.807) is 6.20 Å². The summed E-state index contributed by atoms with van der Waals surface area (Å²) in [5.74, 6) is 1.80. The van der Waals surface area contributed by atoms with Crippen LogP contribution in [0.25, 0.3) is 11.3 Å². The lowest BCUT2D eigenvalue weighted by Gasteiger charge is -2.58. The first kappa shape index (κ1) is 16.1. The number of aliphatic hydroxyl groups is 1. The fourth-order valence-corrected chi connectivity index (χ4v) is 5.85. The van der Waals surface area contributed by atoms with E-state index in [-0.39, 0.29) is 12.6 Å². The summed E-state index contributed by atoms with van der Waals surface area (Å²) in [5, 5.41) is 10.8. The molecule has 0 aliphatic heterocycles. The molecular formula is C21H23NO4. The van der Waals surface area contributed by atoms with Crippen LogP contribution in [0.15, 0.2) is 40.9 Å². The molecule has 4 aliphatic carbocycles. The third kappa shape index (κ3) is 2.65. The van der Waals surface area contributed by atoms with Crippen LogP contribution >= 0.6 is 0 Å². The van der Waals surface area contributed by atoms with E-state index in [0.29, 0.717) is 29.9 Å². The van der Waals surface area contributed by atoms with Gasteiger partial charge in [0.05, 0.1) is 17.2 Å². The molecule has 1 heterocycles. The average molecular weight is 353 g/mol. The van der Waals surface area contributed by atoms with Crippen molar-refractivity contribution in [1.29, 1.82) is 0 Å². The van der Waals surface area contributed by atoms with E-state index < -0.39 is 11.0 Å². The molecular weight excluding hydrogens is 330 g/mol. The molecule has 0 amide bonds. The van der Waals surface area contributed by atoms with Gasteiger partial charge in [-0.25, -0.2) is 4.98 Å². The number of carbonyl (C=O) groups is 1. The third-order valence-corrected chi connectivity index (χ3v) is 6.40. The van der Waals surface area contributed by atoms with Crippen LogP contribution in [0.1, 0.15) is 44.4 Å². The van der Waals surface area contributed by atoms with Crippen LogP contribution < -0.4 is 0 Å². The van der Waals surface area contributed by atoms with Crippen LogP contribution in [0.5, 0.6) is 0 Å². The van der Waals surface area contributed by atoms with E-state index in [1.807, 2.05) is 30.3 Å². The molecule has 1 aromatic heterocycles. The van der Waals surface area contributed by atoms with Gasteiger partial charge in [-0.05, 0) is 50.4 Å². The Morgan fingerprint density at radius 1 is 1.19 bits per heavy atom. The molecule has 0 radical (unpaired) electrons. The van der Waals surface area contributed by atoms with Gasteiger partial charge in [-0.1, -0.05) is 30.3 Å². The molecule has 4 fully saturated rings. The van der Waals surface area contributed by atoms with Crippen molar-refractivity contribution in [1.82, 2.24) is 4.98 Å². The maximum Gasteiger partial charge on any atom is 0.312 e. The van der Waals surface area contributed by atoms with E-state index >= 15 is 0 Å².